The molecular formula is C16H14Cl2N2O3. The molecule has 0 amide bonds. The largest absolute Gasteiger partial charge is 0.477 e. The monoisotopic (exact) mass is 352 g/mol. The van der Waals surface area contributed by atoms with Crippen molar-refractivity contribution in [1.82, 2.24) is 0 Å². The number of benzene rings is 2. The second kappa shape index (κ2) is 7.85. The summed E-state index contributed by atoms with van der Waals surface area (Å²) < 4.78 is 5.42. The van der Waals surface area contributed by atoms with E-state index in [4.69, 9.17) is 38.5 Å². The number of hydrogen-bond donors (Lipinski definition) is 1. The summed E-state index contributed by atoms with van der Waals surface area (Å²) in [6.07, 6.45) is -0.916. The highest BCUT2D eigenvalue weighted by Crippen LogP contribution is 2.28. The lowest BCUT2D eigenvalue weighted by Gasteiger charge is -2.13. The number of halogens is 2. The van der Waals surface area contributed by atoms with Gasteiger partial charge < -0.3 is 15.3 Å². The SMILES string of the molecule is C[C@H](Oc1ccc(Cl)cc1Cl)C(=O)O/N=C(/N)c1ccccc1. The Bertz CT molecular complexity index is 721. The molecule has 2 rings (SSSR count). The molecule has 0 unspecified atom stereocenters. The molecule has 0 radical (unpaired) electrons. The standard InChI is InChI=1S/C16H14Cl2N2O3/c1-10(22-14-8-7-12(17)9-13(14)18)16(21)23-20-15(19)11-5-3-2-4-6-11/h2-10H,1H3,(H2,19,20)/t10-/m0/s1. The van der Waals surface area contributed by atoms with E-state index in [1.54, 1.807) is 36.4 Å². The number of hydrogen-bond acceptors (Lipinski definition) is 4. The molecule has 0 aliphatic heterocycles. The quantitative estimate of drug-likeness (QED) is 0.386. The highest BCUT2D eigenvalue weighted by atomic mass is 35.5. The summed E-state index contributed by atoms with van der Waals surface area (Å²) in [4.78, 5) is 16.7. The number of rotatable bonds is 5. The van der Waals surface area contributed by atoms with Gasteiger partial charge in [-0.2, -0.15) is 0 Å². The van der Waals surface area contributed by atoms with Crippen molar-refractivity contribution in [3.8, 4) is 5.75 Å². The molecule has 0 aliphatic rings. The topological polar surface area (TPSA) is 73.9 Å². The third-order valence-electron chi connectivity index (χ3n) is 2.83. The fourth-order valence-electron chi connectivity index (χ4n) is 1.64. The molecule has 0 aliphatic carbocycles. The normalized spacial score (nSPS) is 12.6. The maximum Gasteiger partial charge on any atom is 0.374 e. The molecule has 1 atom stereocenters. The Balaban J connectivity index is 1.97. The Hall–Kier alpha value is -2.24. The van der Waals surface area contributed by atoms with Crippen LogP contribution in [0, 0.1) is 0 Å². The molecule has 2 N–H and O–H groups in total. The highest BCUT2D eigenvalue weighted by molar-refractivity contribution is 6.35. The van der Waals surface area contributed by atoms with Crippen LogP contribution in [0.4, 0.5) is 0 Å². The van der Waals surface area contributed by atoms with E-state index in [-0.39, 0.29) is 5.84 Å². The summed E-state index contributed by atoms with van der Waals surface area (Å²) in [6, 6.07) is 13.6. The average molecular weight is 353 g/mol. The van der Waals surface area contributed by atoms with Gasteiger partial charge in [0.2, 0.25) is 0 Å². The second-order valence-electron chi connectivity index (χ2n) is 4.59. The fraction of sp³-hybridized carbons (Fsp3) is 0.125. The first kappa shape index (κ1) is 17.1. The maximum atomic E-state index is 11.9. The molecule has 0 heterocycles. The molecule has 5 nitrogen and oxygen atoms in total. The Morgan fingerprint density at radius 3 is 2.52 bits per heavy atom. The maximum absolute atomic E-state index is 11.9. The van der Waals surface area contributed by atoms with Gasteiger partial charge >= 0.3 is 5.97 Å². The first-order chi connectivity index (χ1) is 11.0. The summed E-state index contributed by atoms with van der Waals surface area (Å²) in [7, 11) is 0. The predicted molar refractivity (Wildman–Crippen MR) is 89.8 cm³/mol. The Morgan fingerprint density at radius 1 is 1.17 bits per heavy atom. The van der Waals surface area contributed by atoms with E-state index in [0.717, 1.165) is 0 Å². The highest BCUT2D eigenvalue weighted by Gasteiger charge is 2.18. The Morgan fingerprint density at radius 2 is 1.87 bits per heavy atom. The van der Waals surface area contributed by atoms with Crippen LogP contribution >= 0.6 is 23.2 Å². The van der Waals surface area contributed by atoms with Gasteiger partial charge in [-0.1, -0.05) is 58.7 Å². The smallest absolute Gasteiger partial charge is 0.374 e. The van der Waals surface area contributed by atoms with Crippen LogP contribution < -0.4 is 10.5 Å². The van der Waals surface area contributed by atoms with E-state index in [9.17, 15) is 4.79 Å². The number of nitrogens with two attached hydrogens (primary N) is 1. The van der Waals surface area contributed by atoms with Crippen molar-refractivity contribution in [3.05, 3.63) is 64.1 Å². The van der Waals surface area contributed by atoms with E-state index in [1.807, 2.05) is 6.07 Å². The Labute approximate surface area is 143 Å². The number of oxime groups is 1. The lowest BCUT2D eigenvalue weighted by Crippen LogP contribution is -2.26. The van der Waals surface area contributed by atoms with Gasteiger partial charge in [-0.05, 0) is 25.1 Å². The van der Waals surface area contributed by atoms with Gasteiger partial charge in [0, 0.05) is 10.6 Å². The first-order valence-corrected chi connectivity index (χ1v) is 7.44. The van der Waals surface area contributed by atoms with Crippen LogP contribution in [0.3, 0.4) is 0 Å². The minimum absolute atomic E-state index is 0.0932. The van der Waals surface area contributed by atoms with Crippen molar-refractivity contribution in [2.24, 2.45) is 10.9 Å². The molecule has 0 bridgehead atoms. The number of carbonyl (C=O) groups is 1. The third-order valence-corrected chi connectivity index (χ3v) is 3.36. The zero-order valence-electron chi connectivity index (χ0n) is 12.2. The van der Waals surface area contributed by atoms with Crippen molar-refractivity contribution < 1.29 is 14.4 Å². The van der Waals surface area contributed by atoms with E-state index in [2.05, 4.69) is 5.16 Å². The van der Waals surface area contributed by atoms with Crippen LogP contribution in [0.25, 0.3) is 0 Å². The van der Waals surface area contributed by atoms with Gasteiger partial charge in [-0.3, -0.25) is 0 Å². The molecule has 2 aromatic rings. The van der Waals surface area contributed by atoms with Crippen molar-refractivity contribution in [1.29, 1.82) is 0 Å². The molecule has 23 heavy (non-hydrogen) atoms. The van der Waals surface area contributed by atoms with Gasteiger partial charge in [0.15, 0.2) is 11.9 Å². The summed E-state index contributed by atoms with van der Waals surface area (Å²) in [6.45, 7) is 1.52. The van der Waals surface area contributed by atoms with Crippen LogP contribution in [-0.2, 0) is 9.63 Å². The van der Waals surface area contributed by atoms with E-state index in [1.165, 1.54) is 13.0 Å². The fourth-order valence-corrected chi connectivity index (χ4v) is 2.09. The zero-order chi connectivity index (χ0) is 16.8. The molecule has 0 aromatic heterocycles. The van der Waals surface area contributed by atoms with Gasteiger partial charge in [0.1, 0.15) is 5.75 Å². The molecule has 7 heteroatoms. The average Bonchev–Trinajstić information content (AvgIpc) is 2.55. The zero-order valence-corrected chi connectivity index (χ0v) is 13.7. The number of ether oxygens (including phenoxy) is 1. The van der Waals surface area contributed by atoms with E-state index in [0.29, 0.717) is 21.4 Å². The summed E-state index contributed by atoms with van der Waals surface area (Å²) in [5.74, 6) is -0.286. The molecule has 0 spiro atoms. The minimum atomic E-state index is -0.916. The molecule has 0 saturated heterocycles. The van der Waals surface area contributed by atoms with Crippen molar-refractivity contribution in [2.45, 2.75) is 13.0 Å². The molecule has 0 fully saturated rings. The first-order valence-electron chi connectivity index (χ1n) is 6.69. The third kappa shape index (κ3) is 4.87. The molecule has 2 aromatic carbocycles. The summed E-state index contributed by atoms with van der Waals surface area (Å²) >= 11 is 11.8. The van der Waals surface area contributed by atoms with Crippen molar-refractivity contribution >= 4 is 35.0 Å². The number of nitrogens with zero attached hydrogens (tertiary/aromatic N) is 1. The van der Waals surface area contributed by atoms with Gasteiger partial charge in [0.25, 0.3) is 0 Å². The second-order valence-corrected chi connectivity index (χ2v) is 5.43. The lowest BCUT2D eigenvalue weighted by atomic mass is 10.2. The van der Waals surface area contributed by atoms with Crippen LogP contribution in [0.5, 0.6) is 5.75 Å². The van der Waals surface area contributed by atoms with Crippen LogP contribution in [-0.4, -0.2) is 17.9 Å². The molecule has 0 saturated carbocycles. The van der Waals surface area contributed by atoms with Gasteiger partial charge in [-0.15, -0.1) is 0 Å². The molecular weight excluding hydrogens is 339 g/mol. The minimum Gasteiger partial charge on any atom is -0.477 e. The lowest BCUT2D eigenvalue weighted by molar-refractivity contribution is -0.151. The van der Waals surface area contributed by atoms with Crippen LogP contribution in [0.1, 0.15) is 12.5 Å². The number of amidine groups is 1. The van der Waals surface area contributed by atoms with Crippen molar-refractivity contribution in [3.63, 3.8) is 0 Å². The molecule has 120 valence electrons. The summed E-state index contributed by atoms with van der Waals surface area (Å²) in [5.41, 5.74) is 6.38. The van der Waals surface area contributed by atoms with Crippen LogP contribution in [0.2, 0.25) is 10.0 Å². The van der Waals surface area contributed by atoms with Gasteiger partial charge in [0.05, 0.1) is 5.02 Å². The van der Waals surface area contributed by atoms with Gasteiger partial charge in [-0.25, -0.2) is 4.79 Å². The number of carbonyl (C=O) groups excluding carboxylic acids is 1. The summed E-state index contributed by atoms with van der Waals surface area (Å²) in [5, 5.41) is 4.37. The van der Waals surface area contributed by atoms with E-state index >= 15 is 0 Å². The van der Waals surface area contributed by atoms with Crippen molar-refractivity contribution in [2.75, 3.05) is 0 Å². The predicted octanol–water partition coefficient (Wildman–Crippen LogP) is 3.62. The van der Waals surface area contributed by atoms with E-state index < -0.39 is 12.1 Å². The Kier molecular flexibility index (Phi) is 5.84. The van der Waals surface area contributed by atoms with Crippen LogP contribution in [0.15, 0.2) is 53.7 Å².